The number of rotatable bonds is 2. The summed E-state index contributed by atoms with van der Waals surface area (Å²) in [5.41, 5.74) is 13.9. The second kappa shape index (κ2) is 3.54. The molecule has 0 saturated carbocycles. The summed E-state index contributed by atoms with van der Waals surface area (Å²) in [6.45, 7) is 0.609. The molecular formula is C6H8N6. The zero-order valence-electron chi connectivity index (χ0n) is 7.47. The van der Waals surface area contributed by atoms with Crippen LogP contribution in [0.1, 0.15) is 12.8 Å². The van der Waals surface area contributed by atoms with Crippen molar-refractivity contribution < 1.29 is 1.37 Å². The van der Waals surface area contributed by atoms with Gasteiger partial charge in [-0.2, -0.15) is 0 Å². The Balaban J connectivity index is 3.08. The molecule has 0 amide bonds. The van der Waals surface area contributed by atoms with E-state index in [1.807, 2.05) is 0 Å². The second-order valence-corrected chi connectivity index (χ2v) is 2.09. The minimum absolute atomic E-state index is 0.180. The van der Waals surface area contributed by atoms with Crippen LogP contribution in [0.5, 0.6) is 0 Å². The Bertz CT molecular complexity index is 358. The lowest BCUT2D eigenvalue weighted by molar-refractivity contribution is 0.970. The van der Waals surface area contributed by atoms with Gasteiger partial charge in [0.2, 0.25) is 0 Å². The van der Waals surface area contributed by atoms with Gasteiger partial charge in [0.05, 0.1) is 6.52 Å². The number of nitrogens with two attached hydrogens (primary N) is 1. The molecular weight excluding hydrogens is 156 g/mol. The largest absolute Gasteiger partial charge is 0.383 e. The number of aryl methyl sites for hydroxylation is 1. The van der Waals surface area contributed by atoms with Gasteiger partial charge >= 0.3 is 0 Å². The monoisotopic (exact) mass is 165 g/mol. The standard InChI is InChI=1S/C6H8N6/c1-4-9-2-5(3-10-12-8)6(7)11-4/h2H,3H2,1H3,(H2,7,9,11)/i3D/t3-/m0/s1. The van der Waals surface area contributed by atoms with Gasteiger partial charge in [0.25, 0.3) is 0 Å². The van der Waals surface area contributed by atoms with Gasteiger partial charge in [-0.15, -0.1) is 0 Å². The third-order valence-electron chi connectivity index (χ3n) is 1.22. The highest BCUT2D eigenvalue weighted by molar-refractivity contribution is 5.37. The summed E-state index contributed by atoms with van der Waals surface area (Å²) in [6, 6.07) is 0. The molecule has 2 N–H and O–H groups in total. The molecule has 0 aromatic carbocycles. The quantitative estimate of drug-likeness (QED) is 0.404. The maximum absolute atomic E-state index is 8.10. The van der Waals surface area contributed by atoms with Crippen molar-refractivity contribution in [3.8, 4) is 0 Å². The first-order valence-electron chi connectivity index (χ1n) is 3.78. The molecule has 12 heavy (non-hydrogen) atoms. The highest BCUT2D eigenvalue weighted by atomic mass is 15.1. The molecule has 0 bridgehead atoms. The Hall–Kier alpha value is -1.81. The Morgan fingerprint density at radius 2 is 2.67 bits per heavy atom. The van der Waals surface area contributed by atoms with E-state index in [0.717, 1.165) is 0 Å². The zero-order valence-corrected chi connectivity index (χ0v) is 6.47. The van der Waals surface area contributed by atoms with Crippen LogP contribution in [-0.4, -0.2) is 9.97 Å². The molecule has 1 atom stereocenters. The van der Waals surface area contributed by atoms with Gasteiger partial charge in [0, 0.05) is 18.0 Å². The summed E-state index contributed by atoms with van der Waals surface area (Å²) in [7, 11) is 0. The van der Waals surface area contributed by atoms with E-state index in [2.05, 4.69) is 20.0 Å². The molecule has 1 aromatic heterocycles. The average Bonchev–Trinajstić information content (AvgIpc) is 2.04. The SMILES string of the molecule is [2H][C@H](N=[N+]=[N-])c1cnc(C)nc1N. The molecule has 62 valence electrons. The smallest absolute Gasteiger partial charge is 0.130 e. The molecule has 0 aliphatic carbocycles. The normalized spacial score (nSPS) is 12.9. The Morgan fingerprint density at radius 3 is 3.25 bits per heavy atom. The Morgan fingerprint density at radius 1 is 1.92 bits per heavy atom. The molecule has 6 heteroatoms. The zero-order chi connectivity index (χ0) is 9.84. The Labute approximate surface area is 70.5 Å². The highest BCUT2D eigenvalue weighted by Crippen LogP contribution is 2.07. The summed E-state index contributed by atoms with van der Waals surface area (Å²) < 4.78 is 7.34. The highest BCUT2D eigenvalue weighted by Gasteiger charge is 1.99. The van der Waals surface area contributed by atoms with Gasteiger partial charge in [-0.25, -0.2) is 9.97 Å². The van der Waals surface area contributed by atoms with Gasteiger partial charge in [-0.3, -0.25) is 0 Å². The molecule has 0 fully saturated rings. The molecule has 0 spiro atoms. The van der Waals surface area contributed by atoms with Crippen molar-refractivity contribution in [1.29, 1.82) is 0 Å². The minimum Gasteiger partial charge on any atom is -0.383 e. The molecule has 0 saturated heterocycles. The molecule has 0 aliphatic heterocycles. The summed E-state index contributed by atoms with van der Waals surface area (Å²) in [6.07, 6.45) is 1.39. The van der Waals surface area contributed by atoms with Gasteiger partial charge < -0.3 is 5.73 Å². The summed E-state index contributed by atoms with van der Waals surface area (Å²) >= 11 is 0. The molecule has 1 rings (SSSR count). The van der Waals surface area contributed by atoms with E-state index < -0.39 is 6.52 Å². The van der Waals surface area contributed by atoms with Gasteiger partial charge in [-0.1, -0.05) is 5.11 Å². The third kappa shape index (κ3) is 1.83. The summed E-state index contributed by atoms with van der Waals surface area (Å²) in [5.74, 6) is 0.703. The van der Waals surface area contributed by atoms with Gasteiger partial charge in [-0.05, 0) is 12.5 Å². The van der Waals surface area contributed by atoms with Crippen molar-refractivity contribution in [3.05, 3.63) is 28.0 Å². The maximum atomic E-state index is 8.10. The van der Waals surface area contributed by atoms with Crippen LogP contribution in [0.3, 0.4) is 0 Å². The fourth-order valence-corrected chi connectivity index (χ4v) is 0.684. The van der Waals surface area contributed by atoms with Crippen molar-refractivity contribution in [2.24, 2.45) is 5.11 Å². The molecule has 1 heterocycles. The Kier molecular flexibility index (Phi) is 2.03. The van der Waals surface area contributed by atoms with Crippen molar-refractivity contribution in [2.45, 2.75) is 13.4 Å². The van der Waals surface area contributed by atoms with Crippen LogP contribution in [0.4, 0.5) is 5.82 Å². The lowest BCUT2D eigenvalue weighted by atomic mass is 10.3. The first kappa shape index (κ1) is 6.87. The van der Waals surface area contributed by atoms with Crippen LogP contribution in [0.15, 0.2) is 11.3 Å². The second-order valence-electron chi connectivity index (χ2n) is 2.09. The lowest BCUT2D eigenvalue weighted by Crippen LogP contribution is -2.00. The fraction of sp³-hybridized carbons (Fsp3) is 0.333. The predicted molar refractivity (Wildman–Crippen MR) is 44.0 cm³/mol. The third-order valence-corrected chi connectivity index (χ3v) is 1.22. The molecule has 0 radical (unpaired) electrons. The predicted octanol–water partition coefficient (Wildman–Crippen LogP) is 1.18. The average molecular weight is 165 g/mol. The van der Waals surface area contributed by atoms with Crippen molar-refractivity contribution in [1.82, 2.24) is 9.97 Å². The minimum atomic E-state index is -1.08. The summed E-state index contributed by atoms with van der Waals surface area (Å²) in [4.78, 5) is 10.2. The van der Waals surface area contributed by atoms with Gasteiger partial charge in [0.1, 0.15) is 11.6 Å². The van der Waals surface area contributed by atoms with Crippen LogP contribution < -0.4 is 5.73 Å². The number of aromatic nitrogens is 2. The molecule has 0 unspecified atom stereocenters. The molecule has 0 aliphatic rings. The molecule has 1 aromatic rings. The summed E-state index contributed by atoms with van der Waals surface area (Å²) in [5, 5.41) is 3.17. The first-order chi connectivity index (χ1) is 6.15. The number of nitrogen functional groups attached to an aromatic ring is 1. The van der Waals surface area contributed by atoms with Crippen molar-refractivity contribution >= 4 is 5.82 Å². The van der Waals surface area contributed by atoms with E-state index in [1.54, 1.807) is 6.92 Å². The molecule has 6 nitrogen and oxygen atoms in total. The van der Waals surface area contributed by atoms with E-state index >= 15 is 0 Å². The number of hydrogen-bond acceptors (Lipinski definition) is 4. The van der Waals surface area contributed by atoms with E-state index in [4.69, 9.17) is 12.6 Å². The number of hydrogen-bond donors (Lipinski definition) is 1. The van der Waals surface area contributed by atoms with Gasteiger partial charge in [0.15, 0.2) is 0 Å². The van der Waals surface area contributed by atoms with E-state index in [9.17, 15) is 0 Å². The number of azide groups is 1. The number of nitrogens with zero attached hydrogens (tertiary/aromatic N) is 5. The van der Waals surface area contributed by atoms with Crippen molar-refractivity contribution in [3.63, 3.8) is 0 Å². The van der Waals surface area contributed by atoms with E-state index in [0.29, 0.717) is 11.4 Å². The first-order valence-corrected chi connectivity index (χ1v) is 3.20. The topological polar surface area (TPSA) is 101 Å². The van der Waals surface area contributed by atoms with E-state index in [1.165, 1.54) is 6.20 Å². The fourth-order valence-electron chi connectivity index (χ4n) is 0.684. The van der Waals surface area contributed by atoms with Crippen LogP contribution in [-0.2, 0) is 6.52 Å². The van der Waals surface area contributed by atoms with Crippen LogP contribution >= 0.6 is 0 Å². The van der Waals surface area contributed by atoms with Crippen LogP contribution in [0, 0.1) is 6.92 Å². The van der Waals surface area contributed by atoms with Crippen LogP contribution in [0.25, 0.3) is 10.4 Å². The number of anilines is 1. The van der Waals surface area contributed by atoms with Crippen molar-refractivity contribution in [2.75, 3.05) is 5.73 Å². The maximum Gasteiger partial charge on any atom is 0.130 e. The van der Waals surface area contributed by atoms with Crippen LogP contribution in [0.2, 0.25) is 0 Å². The lowest BCUT2D eigenvalue weighted by Gasteiger charge is -1.99. The van der Waals surface area contributed by atoms with E-state index in [-0.39, 0.29) is 5.82 Å².